The van der Waals surface area contributed by atoms with E-state index in [1.165, 1.54) is 0 Å². The van der Waals surface area contributed by atoms with Crippen LogP contribution < -0.4 is 0 Å². The first-order chi connectivity index (χ1) is 8.11. The summed E-state index contributed by atoms with van der Waals surface area (Å²) in [6.07, 6.45) is 4.09. The summed E-state index contributed by atoms with van der Waals surface area (Å²) in [7, 11) is 0.154. The van der Waals surface area contributed by atoms with Gasteiger partial charge in [0.25, 0.3) is 0 Å². The summed E-state index contributed by atoms with van der Waals surface area (Å²) in [5.74, 6) is 3.13. The number of rotatable bonds is 4. The van der Waals surface area contributed by atoms with Gasteiger partial charge in [-0.1, -0.05) is 12.1 Å². The largest absolute Gasteiger partial charge is 0.394 e. The minimum Gasteiger partial charge on any atom is -0.394 e. The van der Waals surface area contributed by atoms with Gasteiger partial charge in [-0.3, -0.25) is 0 Å². The van der Waals surface area contributed by atoms with E-state index in [1.54, 1.807) is 0 Å². The quantitative estimate of drug-likeness (QED) is 0.653. The molecule has 2 nitrogen and oxygen atoms in total. The number of hydrogen-bond donors (Lipinski definition) is 1. The van der Waals surface area contributed by atoms with Crippen molar-refractivity contribution in [1.82, 2.24) is 0 Å². The third-order valence-corrected chi connectivity index (χ3v) is 2.66. The van der Waals surface area contributed by atoms with Gasteiger partial charge in [-0.05, 0) is 30.5 Å². The van der Waals surface area contributed by atoms with Gasteiger partial charge < -0.3 is 9.84 Å². The lowest BCUT2D eigenvalue weighted by molar-refractivity contribution is 0.0145. The minimum absolute atomic E-state index is 0.0544. The van der Waals surface area contributed by atoms with Crippen molar-refractivity contribution in [3.05, 3.63) is 35.4 Å². The first-order valence-corrected chi connectivity index (χ1v) is 7.56. The summed E-state index contributed by atoms with van der Waals surface area (Å²) in [5, 5.41) is 12.0. The molecule has 0 heterocycles. The van der Waals surface area contributed by atoms with Crippen molar-refractivity contribution in [2.24, 2.45) is 0 Å². The van der Waals surface area contributed by atoms with E-state index in [1.807, 2.05) is 31.2 Å². The summed E-state index contributed by atoms with van der Waals surface area (Å²) in [6, 6.07) is 8.03. The zero-order valence-corrected chi connectivity index (χ0v) is 11.4. The van der Waals surface area contributed by atoms with Crippen molar-refractivity contribution in [2.75, 3.05) is 19.1 Å². The number of hydrogen-bond acceptors (Lipinski definition) is 2. The van der Waals surface area contributed by atoms with Crippen molar-refractivity contribution >= 4 is 10.9 Å². The highest BCUT2D eigenvalue weighted by Crippen LogP contribution is 2.06. The molecule has 0 spiro atoms. The fourth-order valence-corrected chi connectivity index (χ4v) is 1.46. The second-order valence-electron chi connectivity index (χ2n) is 4.04. The predicted octanol–water partition coefficient (Wildman–Crippen LogP) is 1.77. The maximum absolute atomic E-state index is 8.84. The molecule has 1 aromatic carbocycles. The van der Waals surface area contributed by atoms with Crippen LogP contribution in [0.5, 0.6) is 0 Å². The topological polar surface area (TPSA) is 29.5 Å². The predicted molar refractivity (Wildman–Crippen MR) is 73.9 cm³/mol. The van der Waals surface area contributed by atoms with Gasteiger partial charge in [0.15, 0.2) is 5.25 Å². The number of ether oxygens (including phenoxy) is 1. The Morgan fingerprint density at radius 3 is 2.47 bits per heavy atom. The van der Waals surface area contributed by atoms with Crippen LogP contribution in [0.4, 0.5) is 0 Å². The van der Waals surface area contributed by atoms with Gasteiger partial charge in [-0.15, -0.1) is 0 Å². The molecule has 0 fully saturated rings. The van der Waals surface area contributed by atoms with Gasteiger partial charge in [-0.25, -0.2) is 0 Å². The van der Waals surface area contributed by atoms with E-state index in [0.29, 0.717) is 6.61 Å². The highest BCUT2D eigenvalue weighted by Gasteiger charge is 2.00. The van der Waals surface area contributed by atoms with E-state index < -0.39 is 0 Å². The molecule has 0 aliphatic rings. The van der Waals surface area contributed by atoms with E-state index in [9.17, 15) is 0 Å². The second-order valence-corrected chi connectivity index (χ2v) is 5.88. The molecule has 3 heteroatoms. The zero-order valence-electron chi connectivity index (χ0n) is 10.6. The summed E-state index contributed by atoms with van der Waals surface area (Å²) in [4.78, 5) is 0. The van der Waals surface area contributed by atoms with E-state index in [4.69, 9.17) is 9.84 Å². The first kappa shape index (κ1) is 14.1. The highest BCUT2D eigenvalue weighted by molar-refractivity contribution is 8.00. The van der Waals surface area contributed by atoms with Crippen molar-refractivity contribution in [3.63, 3.8) is 0 Å². The van der Waals surface area contributed by atoms with Crippen LogP contribution in [0.25, 0.3) is 0 Å². The Balaban J connectivity index is 2.54. The van der Waals surface area contributed by atoms with E-state index >= 15 is 0 Å². The zero-order chi connectivity index (χ0) is 12.7. The fourth-order valence-electron chi connectivity index (χ4n) is 1.14. The monoisotopic (exact) mass is 251 g/mol. The Kier molecular flexibility index (Phi) is 6.13. The lowest BCUT2D eigenvalue weighted by Gasteiger charge is -2.09. The smallest absolute Gasteiger partial charge is 0.156 e. The molecule has 92 valence electrons. The average Bonchev–Trinajstić information content (AvgIpc) is 2.34. The molecule has 1 N–H and O–H groups in total. The van der Waals surface area contributed by atoms with Crippen molar-refractivity contribution in [1.29, 1.82) is 0 Å². The molecule has 0 radical (unpaired) electrons. The average molecular weight is 251 g/mol. The van der Waals surface area contributed by atoms with Crippen LogP contribution in [0.3, 0.4) is 0 Å². The van der Waals surface area contributed by atoms with Gasteiger partial charge in [0, 0.05) is 5.56 Å². The molecule has 0 aliphatic heterocycles. The van der Waals surface area contributed by atoms with Crippen LogP contribution in [0.1, 0.15) is 18.1 Å². The summed E-state index contributed by atoms with van der Waals surface area (Å²) in [5.41, 5.74) is 2.13. The lowest BCUT2D eigenvalue weighted by Crippen LogP contribution is -2.12. The minimum atomic E-state index is -0.114. The molecule has 0 aromatic heterocycles. The summed E-state index contributed by atoms with van der Waals surface area (Å²) < 4.78 is 5.43. The summed E-state index contributed by atoms with van der Waals surface area (Å²) >= 11 is 0. The van der Waals surface area contributed by atoms with Crippen LogP contribution in [0, 0.1) is 11.2 Å². The molecular formula is C14H19O2S+. The molecule has 0 bridgehead atoms. The van der Waals surface area contributed by atoms with E-state index in [2.05, 4.69) is 23.7 Å². The van der Waals surface area contributed by atoms with Crippen LogP contribution in [0.15, 0.2) is 24.3 Å². The second kappa shape index (κ2) is 7.39. The third kappa shape index (κ3) is 5.78. The van der Waals surface area contributed by atoms with E-state index in [0.717, 1.165) is 11.1 Å². The van der Waals surface area contributed by atoms with Gasteiger partial charge in [0.2, 0.25) is 0 Å². The normalized spacial score (nSPS) is 12.1. The van der Waals surface area contributed by atoms with E-state index in [-0.39, 0.29) is 23.6 Å². The molecule has 0 amide bonds. The Labute approximate surface area is 106 Å². The van der Waals surface area contributed by atoms with Crippen LogP contribution in [0.2, 0.25) is 0 Å². The Hall–Kier alpha value is -0.950. The van der Waals surface area contributed by atoms with Crippen LogP contribution >= 0.6 is 0 Å². The van der Waals surface area contributed by atoms with Crippen molar-refractivity contribution in [3.8, 4) is 11.2 Å². The SMILES string of the molecule is C[C@H](CO)OCc1ccc(C#C[S+](C)C)cc1. The van der Waals surface area contributed by atoms with Crippen molar-refractivity contribution in [2.45, 2.75) is 19.6 Å². The maximum atomic E-state index is 8.84. The molecule has 0 saturated carbocycles. The molecule has 0 aliphatic carbocycles. The van der Waals surface area contributed by atoms with Gasteiger partial charge in [-0.2, -0.15) is 0 Å². The molecule has 0 saturated heterocycles. The van der Waals surface area contributed by atoms with Crippen LogP contribution in [-0.4, -0.2) is 30.3 Å². The van der Waals surface area contributed by atoms with Gasteiger partial charge >= 0.3 is 0 Å². The molecule has 1 rings (SSSR count). The standard InChI is InChI=1S/C14H19O2S/c1-12(10-15)16-11-14-6-4-13(5-7-14)8-9-17(2)3/h4-7,12,15H,10-11H2,1-3H3/q+1/t12-/m1/s1. The highest BCUT2D eigenvalue weighted by atomic mass is 32.2. The van der Waals surface area contributed by atoms with Crippen molar-refractivity contribution < 1.29 is 9.84 Å². The fraction of sp³-hybridized carbons (Fsp3) is 0.429. The Morgan fingerprint density at radius 2 is 1.94 bits per heavy atom. The molecule has 17 heavy (non-hydrogen) atoms. The summed E-state index contributed by atoms with van der Waals surface area (Å²) in [6.45, 7) is 2.43. The molecular weight excluding hydrogens is 232 g/mol. The first-order valence-electron chi connectivity index (χ1n) is 5.52. The molecule has 0 unspecified atom stereocenters. The Bertz CT molecular complexity index is 387. The maximum Gasteiger partial charge on any atom is 0.156 e. The number of aliphatic hydroxyl groups excluding tert-OH is 1. The van der Waals surface area contributed by atoms with Gasteiger partial charge in [0.1, 0.15) is 12.5 Å². The number of benzene rings is 1. The number of aliphatic hydroxyl groups is 1. The molecule has 1 aromatic rings. The molecule has 1 atom stereocenters. The Morgan fingerprint density at radius 1 is 1.29 bits per heavy atom. The third-order valence-electron chi connectivity index (χ3n) is 2.15. The lowest BCUT2D eigenvalue weighted by atomic mass is 10.1. The van der Waals surface area contributed by atoms with Gasteiger partial charge in [0.05, 0.1) is 30.2 Å². The van der Waals surface area contributed by atoms with Crippen LogP contribution in [-0.2, 0) is 22.2 Å².